The van der Waals surface area contributed by atoms with E-state index in [0.717, 1.165) is 23.6 Å². The van der Waals surface area contributed by atoms with Crippen LogP contribution in [-0.4, -0.2) is 35.4 Å². The zero-order valence-corrected chi connectivity index (χ0v) is 16.7. The standard InChI is InChI=1S/C15H20FN5OS.HI/c1-11-20-14(22-21-11)10-19-15(17-2)18-8-3-9-23-13-6-4-12(16)5-7-13;/h4-7H,3,8-10H2,1-2H3,(H2,17,18,19);1H. The minimum Gasteiger partial charge on any atom is -0.356 e. The third kappa shape index (κ3) is 7.47. The van der Waals surface area contributed by atoms with Gasteiger partial charge in [0, 0.05) is 18.5 Å². The van der Waals surface area contributed by atoms with Gasteiger partial charge in [-0.05, 0) is 43.4 Å². The fraction of sp³-hybridized carbons (Fsp3) is 0.400. The third-order valence-electron chi connectivity index (χ3n) is 2.90. The minimum absolute atomic E-state index is 0. The molecule has 2 rings (SSSR count). The van der Waals surface area contributed by atoms with Crippen molar-refractivity contribution in [1.29, 1.82) is 0 Å². The number of benzene rings is 1. The SMILES string of the molecule is CN=C(NCCCSc1ccc(F)cc1)NCc1nc(C)no1.I. The first-order valence-electron chi connectivity index (χ1n) is 7.29. The minimum atomic E-state index is -0.206. The Kier molecular flexibility index (Phi) is 9.69. The molecular formula is C15H21FIN5OS. The van der Waals surface area contributed by atoms with E-state index in [2.05, 4.69) is 25.8 Å². The van der Waals surface area contributed by atoms with Gasteiger partial charge in [0.15, 0.2) is 11.8 Å². The van der Waals surface area contributed by atoms with Crippen LogP contribution in [-0.2, 0) is 6.54 Å². The van der Waals surface area contributed by atoms with Gasteiger partial charge in [0.05, 0.1) is 6.54 Å². The van der Waals surface area contributed by atoms with Crippen LogP contribution in [0.5, 0.6) is 0 Å². The van der Waals surface area contributed by atoms with E-state index in [0.29, 0.717) is 24.2 Å². The van der Waals surface area contributed by atoms with Crippen molar-refractivity contribution < 1.29 is 8.91 Å². The molecule has 1 heterocycles. The summed E-state index contributed by atoms with van der Waals surface area (Å²) in [6, 6.07) is 6.54. The summed E-state index contributed by atoms with van der Waals surface area (Å²) < 4.78 is 17.8. The summed E-state index contributed by atoms with van der Waals surface area (Å²) in [5.41, 5.74) is 0. The first-order chi connectivity index (χ1) is 11.2. The second kappa shape index (κ2) is 11.2. The number of nitrogens with zero attached hydrogens (tertiary/aromatic N) is 3. The molecule has 0 saturated heterocycles. The van der Waals surface area contributed by atoms with Crippen molar-refractivity contribution in [2.45, 2.75) is 24.8 Å². The van der Waals surface area contributed by atoms with Gasteiger partial charge in [0.2, 0.25) is 5.89 Å². The van der Waals surface area contributed by atoms with Crippen LogP contribution in [0.1, 0.15) is 18.1 Å². The highest BCUT2D eigenvalue weighted by Gasteiger charge is 2.04. The predicted octanol–water partition coefficient (Wildman–Crippen LogP) is 2.98. The van der Waals surface area contributed by atoms with Crippen molar-refractivity contribution in [2.75, 3.05) is 19.3 Å². The number of halogens is 2. The Balaban J connectivity index is 0.00000288. The summed E-state index contributed by atoms with van der Waals surface area (Å²) >= 11 is 1.70. The number of hydrogen-bond acceptors (Lipinski definition) is 5. The lowest BCUT2D eigenvalue weighted by atomic mass is 10.4. The Morgan fingerprint density at radius 3 is 2.67 bits per heavy atom. The maximum atomic E-state index is 12.8. The molecule has 9 heteroatoms. The molecule has 0 amide bonds. The first-order valence-corrected chi connectivity index (χ1v) is 8.28. The van der Waals surface area contributed by atoms with E-state index in [9.17, 15) is 4.39 Å². The third-order valence-corrected chi connectivity index (χ3v) is 3.99. The molecule has 6 nitrogen and oxygen atoms in total. The van der Waals surface area contributed by atoms with Crippen LogP contribution >= 0.6 is 35.7 Å². The fourth-order valence-corrected chi connectivity index (χ4v) is 2.64. The predicted molar refractivity (Wildman–Crippen MR) is 104 cm³/mol. The molecule has 0 unspecified atom stereocenters. The van der Waals surface area contributed by atoms with E-state index >= 15 is 0 Å². The normalized spacial score (nSPS) is 11.0. The van der Waals surface area contributed by atoms with Gasteiger partial charge < -0.3 is 15.2 Å². The Labute approximate surface area is 162 Å². The van der Waals surface area contributed by atoms with Gasteiger partial charge in [-0.25, -0.2) is 4.39 Å². The van der Waals surface area contributed by atoms with Gasteiger partial charge in [-0.1, -0.05) is 5.16 Å². The van der Waals surface area contributed by atoms with E-state index in [4.69, 9.17) is 4.52 Å². The molecular weight excluding hydrogens is 444 g/mol. The van der Waals surface area contributed by atoms with E-state index in [1.807, 2.05) is 0 Å². The van der Waals surface area contributed by atoms with Crippen LogP contribution in [0.15, 0.2) is 38.7 Å². The number of aryl methyl sites for hydroxylation is 1. The van der Waals surface area contributed by atoms with E-state index in [1.165, 1.54) is 12.1 Å². The first kappa shape index (κ1) is 20.7. The van der Waals surface area contributed by atoms with E-state index in [1.54, 1.807) is 37.9 Å². The monoisotopic (exact) mass is 465 g/mol. The van der Waals surface area contributed by atoms with Crippen LogP contribution in [0.4, 0.5) is 4.39 Å². The summed E-state index contributed by atoms with van der Waals surface area (Å²) in [5, 5.41) is 10.1. The van der Waals surface area contributed by atoms with Crippen molar-refractivity contribution in [3.05, 3.63) is 41.8 Å². The fourth-order valence-electron chi connectivity index (χ4n) is 1.79. The van der Waals surface area contributed by atoms with Crippen molar-refractivity contribution in [3.63, 3.8) is 0 Å². The molecule has 0 atom stereocenters. The molecule has 0 fully saturated rings. The van der Waals surface area contributed by atoms with Gasteiger partial charge in [-0.15, -0.1) is 35.7 Å². The summed E-state index contributed by atoms with van der Waals surface area (Å²) in [6.07, 6.45) is 0.961. The summed E-state index contributed by atoms with van der Waals surface area (Å²) in [4.78, 5) is 9.31. The highest BCUT2D eigenvalue weighted by molar-refractivity contribution is 14.0. The Hall–Kier alpha value is -1.36. The molecule has 0 bridgehead atoms. The Bertz CT molecular complexity index is 635. The number of guanidine groups is 1. The molecule has 0 saturated carbocycles. The Morgan fingerprint density at radius 2 is 2.04 bits per heavy atom. The molecule has 2 N–H and O–H groups in total. The van der Waals surface area contributed by atoms with E-state index in [-0.39, 0.29) is 29.8 Å². The highest BCUT2D eigenvalue weighted by atomic mass is 127. The number of thioether (sulfide) groups is 1. The van der Waals surface area contributed by atoms with Gasteiger partial charge in [0.1, 0.15) is 5.82 Å². The average Bonchev–Trinajstić information content (AvgIpc) is 2.97. The zero-order chi connectivity index (χ0) is 16.5. The van der Waals surface area contributed by atoms with Crippen LogP contribution < -0.4 is 10.6 Å². The topological polar surface area (TPSA) is 75.3 Å². The van der Waals surface area contributed by atoms with Gasteiger partial charge in [-0.2, -0.15) is 4.98 Å². The molecule has 0 spiro atoms. The number of hydrogen-bond donors (Lipinski definition) is 2. The average molecular weight is 465 g/mol. The van der Waals surface area contributed by atoms with Crippen LogP contribution in [0.25, 0.3) is 0 Å². The number of aromatic nitrogens is 2. The second-order valence-electron chi connectivity index (χ2n) is 4.74. The molecule has 0 aliphatic carbocycles. The van der Waals surface area contributed by atoms with Crippen molar-refractivity contribution in [1.82, 2.24) is 20.8 Å². The number of aliphatic imine (C=N–C) groups is 1. The molecule has 0 radical (unpaired) electrons. The largest absolute Gasteiger partial charge is 0.356 e. The van der Waals surface area contributed by atoms with Gasteiger partial charge >= 0.3 is 0 Å². The molecule has 1 aromatic heterocycles. The Morgan fingerprint density at radius 1 is 1.29 bits per heavy atom. The van der Waals surface area contributed by atoms with Crippen molar-refractivity contribution in [3.8, 4) is 0 Å². The van der Waals surface area contributed by atoms with Crippen molar-refractivity contribution in [2.24, 2.45) is 4.99 Å². The molecule has 24 heavy (non-hydrogen) atoms. The zero-order valence-electron chi connectivity index (χ0n) is 13.6. The molecule has 2 aromatic rings. The highest BCUT2D eigenvalue weighted by Crippen LogP contribution is 2.18. The van der Waals surface area contributed by atoms with Crippen LogP contribution in [0.3, 0.4) is 0 Å². The summed E-state index contributed by atoms with van der Waals surface area (Å²) in [6.45, 7) is 3.00. The maximum absolute atomic E-state index is 12.8. The number of rotatable bonds is 7. The quantitative estimate of drug-likeness (QED) is 0.215. The van der Waals surface area contributed by atoms with Gasteiger partial charge in [-0.3, -0.25) is 4.99 Å². The molecule has 132 valence electrons. The maximum Gasteiger partial charge on any atom is 0.246 e. The smallest absolute Gasteiger partial charge is 0.246 e. The molecule has 0 aliphatic heterocycles. The lowest BCUT2D eigenvalue weighted by Crippen LogP contribution is -2.37. The number of nitrogens with one attached hydrogen (secondary N) is 2. The van der Waals surface area contributed by atoms with Crippen LogP contribution in [0.2, 0.25) is 0 Å². The molecule has 0 aliphatic rings. The van der Waals surface area contributed by atoms with Crippen LogP contribution in [0, 0.1) is 12.7 Å². The lowest BCUT2D eigenvalue weighted by Gasteiger charge is -2.10. The lowest BCUT2D eigenvalue weighted by molar-refractivity contribution is 0.371. The summed E-state index contributed by atoms with van der Waals surface area (Å²) in [5.74, 6) is 2.56. The van der Waals surface area contributed by atoms with E-state index < -0.39 is 0 Å². The second-order valence-corrected chi connectivity index (χ2v) is 5.91. The molecule has 1 aromatic carbocycles. The van der Waals surface area contributed by atoms with Gasteiger partial charge in [0.25, 0.3) is 0 Å². The summed E-state index contributed by atoms with van der Waals surface area (Å²) in [7, 11) is 1.71. The van der Waals surface area contributed by atoms with Crippen molar-refractivity contribution >= 4 is 41.7 Å².